The van der Waals surface area contributed by atoms with Crippen molar-refractivity contribution in [3.8, 4) is 5.19 Å². The van der Waals surface area contributed by atoms with E-state index in [1.165, 1.54) is 22.2 Å². The molecule has 1 aliphatic rings. The first-order valence-electron chi connectivity index (χ1n) is 7.41. The minimum Gasteiger partial charge on any atom is -0.465 e. The van der Waals surface area contributed by atoms with Gasteiger partial charge in [0.2, 0.25) is 5.91 Å². The Balaban J connectivity index is 1.61. The zero-order chi connectivity index (χ0) is 16.4. The average molecular weight is 334 g/mol. The van der Waals surface area contributed by atoms with Gasteiger partial charge in [0.1, 0.15) is 12.6 Å². The van der Waals surface area contributed by atoms with E-state index in [2.05, 4.69) is 9.97 Å². The van der Waals surface area contributed by atoms with Crippen molar-refractivity contribution in [3.63, 3.8) is 0 Å². The molecule has 1 unspecified atom stereocenters. The van der Waals surface area contributed by atoms with Crippen molar-refractivity contribution in [3.05, 3.63) is 39.5 Å². The summed E-state index contributed by atoms with van der Waals surface area (Å²) < 4.78 is 7.10. The Bertz CT molecular complexity index is 757. The van der Waals surface area contributed by atoms with Crippen molar-refractivity contribution in [2.75, 3.05) is 13.1 Å². The third kappa shape index (κ3) is 3.42. The van der Waals surface area contributed by atoms with Gasteiger partial charge in [0, 0.05) is 35.8 Å². The summed E-state index contributed by atoms with van der Waals surface area (Å²) in [6.07, 6.45) is 3.85. The van der Waals surface area contributed by atoms with Crippen LogP contribution in [0.5, 0.6) is 5.19 Å². The number of aromatic nitrogens is 3. The highest BCUT2D eigenvalue weighted by Crippen LogP contribution is 2.20. The maximum atomic E-state index is 12.4. The Kier molecular flexibility index (Phi) is 4.42. The van der Waals surface area contributed by atoms with Crippen LogP contribution >= 0.6 is 11.3 Å². The van der Waals surface area contributed by atoms with Gasteiger partial charge in [-0.1, -0.05) is 11.3 Å². The van der Waals surface area contributed by atoms with Crippen molar-refractivity contribution >= 4 is 17.2 Å². The third-order valence-corrected chi connectivity index (χ3v) is 4.66. The molecule has 0 radical (unpaired) electrons. The van der Waals surface area contributed by atoms with Crippen LogP contribution in [0, 0.1) is 13.8 Å². The van der Waals surface area contributed by atoms with Crippen LogP contribution in [-0.2, 0) is 11.3 Å². The van der Waals surface area contributed by atoms with Crippen molar-refractivity contribution in [2.24, 2.45) is 0 Å². The lowest BCUT2D eigenvalue weighted by Gasteiger charge is -2.17. The standard InChI is InChI=1S/C15H18N4O3S/c1-10-11(2)17-9-19(14(10)21)8-13(20)18-5-3-12(7-18)22-15-16-4-6-23-15/h4,6,9,12H,3,5,7-8H2,1-2H3. The van der Waals surface area contributed by atoms with Crippen molar-refractivity contribution in [1.82, 2.24) is 19.4 Å². The number of carbonyl (C=O) groups is 1. The number of hydrogen-bond acceptors (Lipinski definition) is 6. The Morgan fingerprint density at radius 3 is 3.00 bits per heavy atom. The van der Waals surface area contributed by atoms with E-state index in [-0.39, 0.29) is 24.1 Å². The van der Waals surface area contributed by atoms with Gasteiger partial charge in [0.25, 0.3) is 10.8 Å². The Morgan fingerprint density at radius 1 is 1.43 bits per heavy atom. The molecule has 23 heavy (non-hydrogen) atoms. The van der Waals surface area contributed by atoms with Gasteiger partial charge in [-0.3, -0.25) is 14.2 Å². The van der Waals surface area contributed by atoms with E-state index in [0.29, 0.717) is 29.5 Å². The van der Waals surface area contributed by atoms with Crippen LogP contribution in [0.3, 0.4) is 0 Å². The zero-order valence-electron chi connectivity index (χ0n) is 13.1. The zero-order valence-corrected chi connectivity index (χ0v) is 13.9. The van der Waals surface area contributed by atoms with Gasteiger partial charge in [0.15, 0.2) is 0 Å². The third-order valence-electron chi connectivity index (χ3n) is 4.00. The van der Waals surface area contributed by atoms with Gasteiger partial charge in [-0.25, -0.2) is 9.97 Å². The molecule has 2 aromatic heterocycles. The predicted octanol–water partition coefficient (Wildman–Crippen LogP) is 0.997. The molecule has 1 fully saturated rings. The molecule has 122 valence electrons. The molecule has 1 atom stereocenters. The van der Waals surface area contributed by atoms with E-state index >= 15 is 0 Å². The van der Waals surface area contributed by atoms with E-state index in [1.807, 2.05) is 5.38 Å². The number of rotatable bonds is 4. The highest BCUT2D eigenvalue weighted by molar-refractivity contribution is 7.11. The molecule has 3 rings (SSSR count). The molecule has 1 aliphatic heterocycles. The summed E-state index contributed by atoms with van der Waals surface area (Å²) in [7, 11) is 0. The van der Waals surface area contributed by atoms with Gasteiger partial charge in [-0.15, -0.1) is 0 Å². The van der Waals surface area contributed by atoms with Crippen LogP contribution in [0.4, 0.5) is 0 Å². The molecule has 0 bridgehead atoms. The molecule has 3 heterocycles. The summed E-state index contributed by atoms with van der Waals surface area (Å²) in [5, 5.41) is 2.48. The lowest BCUT2D eigenvalue weighted by Crippen LogP contribution is -2.36. The lowest BCUT2D eigenvalue weighted by molar-refractivity contribution is -0.131. The number of ether oxygens (including phenoxy) is 1. The van der Waals surface area contributed by atoms with Crippen LogP contribution in [0.25, 0.3) is 0 Å². The molecule has 0 saturated carbocycles. The second-order valence-corrected chi connectivity index (χ2v) is 6.41. The number of amides is 1. The largest absolute Gasteiger partial charge is 0.465 e. The summed E-state index contributed by atoms with van der Waals surface area (Å²) in [5.41, 5.74) is 1.10. The highest BCUT2D eigenvalue weighted by atomic mass is 32.1. The molecule has 0 N–H and O–H groups in total. The van der Waals surface area contributed by atoms with Crippen LogP contribution in [-0.4, -0.2) is 44.5 Å². The van der Waals surface area contributed by atoms with E-state index < -0.39 is 0 Å². The van der Waals surface area contributed by atoms with Gasteiger partial charge in [-0.2, -0.15) is 0 Å². The van der Waals surface area contributed by atoms with Crippen LogP contribution < -0.4 is 10.3 Å². The van der Waals surface area contributed by atoms with Crippen LogP contribution in [0.1, 0.15) is 17.7 Å². The second kappa shape index (κ2) is 6.49. The van der Waals surface area contributed by atoms with Crippen LogP contribution in [0.2, 0.25) is 0 Å². The lowest BCUT2D eigenvalue weighted by atomic mass is 10.3. The van der Waals surface area contributed by atoms with Crippen LogP contribution in [0.15, 0.2) is 22.7 Å². The summed E-state index contributed by atoms with van der Waals surface area (Å²) in [4.78, 5) is 34.5. The predicted molar refractivity (Wildman–Crippen MR) is 85.7 cm³/mol. The molecule has 1 saturated heterocycles. The van der Waals surface area contributed by atoms with Crippen molar-refractivity contribution in [2.45, 2.75) is 32.9 Å². The Morgan fingerprint density at radius 2 is 2.26 bits per heavy atom. The minimum absolute atomic E-state index is 0.0108. The summed E-state index contributed by atoms with van der Waals surface area (Å²) in [6.45, 7) is 4.66. The average Bonchev–Trinajstić information content (AvgIpc) is 3.20. The van der Waals surface area contributed by atoms with E-state index in [9.17, 15) is 9.59 Å². The first-order chi connectivity index (χ1) is 11.0. The Hall–Kier alpha value is -2.22. The molecule has 0 aromatic carbocycles. The van der Waals surface area contributed by atoms with E-state index in [0.717, 1.165) is 6.42 Å². The van der Waals surface area contributed by atoms with E-state index in [1.54, 1.807) is 24.9 Å². The molecular weight excluding hydrogens is 316 g/mol. The normalized spacial score (nSPS) is 17.5. The van der Waals surface area contributed by atoms with Crippen molar-refractivity contribution in [1.29, 1.82) is 0 Å². The molecule has 7 nitrogen and oxygen atoms in total. The minimum atomic E-state index is -0.166. The topological polar surface area (TPSA) is 77.3 Å². The Labute approximate surface area is 137 Å². The van der Waals surface area contributed by atoms with Gasteiger partial charge < -0.3 is 9.64 Å². The molecular formula is C15H18N4O3S. The van der Waals surface area contributed by atoms with E-state index in [4.69, 9.17) is 4.74 Å². The first-order valence-corrected chi connectivity index (χ1v) is 8.29. The number of nitrogens with zero attached hydrogens (tertiary/aromatic N) is 4. The second-order valence-electron chi connectivity index (χ2n) is 5.55. The van der Waals surface area contributed by atoms with Gasteiger partial charge >= 0.3 is 0 Å². The maximum Gasteiger partial charge on any atom is 0.273 e. The fourth-order valence-corrected chi connectivity index (χ4v) is 3.05. The summed E-state index contributed by atoms with van der Waals surface area (Å²) >= 11 is 1.44. The van der Waals surface area contributed by atoms with Gasteiger partial charge in [-0.05, 0) is 13.8 Å². The molecule has 1 amide bonds. The number of thiazole rings is 1. The number of carbonyl (C=O) groups excluding carboxylic acids is 1. The fraction of sp³-hybridized carbons (Fsp3) is 0.467. The molecule has 0 spiro atoms. The summed E-state index contributed by atoms with van der Waals surface area (Å²) in [6, 6.07) is 0. The number of hydrogen-bond donors (Lipinski definition) is 0. The fourth-order valence-electron chi connectivity index (χ4n) is 2.50. The number of likely N-dealkylation sites (tertiary alicyclic amines) is 1. The SMILES string of the molecule is Cc1ncn(CC(=O)N2CCC(Oc3nccs3)C2)c(=O)c1C. The first kappa shape index (κ1) is 15.7. The highest BCUT2D eigenvalue weighted by Gasteiger charge is 2.28. The smallest absolute Gasteiger partial charge is 0.273 e. The van der Waals surface area contributed by atoms with Crippen molar-refractivity contribution < 1.29 is 9.53 Å². The quantitative estimate of drug-likeness (QED) is 0.833. The number of aryl methyl sites for hydroxylation is 1. The van der Waals surface area contributed by atoms with Gasteiger partial charge in [0.05, 0.1) is 12.9 Å². The molecule has 0 aliphatic carbocycles. The molecule has 2 aromatic rings. The molecule has 8 heteroatoms. The monoisotopic (exact) mass is 334 g/mol. The maximum absolute atomic E-state index is 12.4. The summed E-state index contributed by atoms with van der Waals surface area (Å²) in [5.74, 6) is -0.0950.